The Hall–Kier alpha value is -2.61. The Morgan fingerprint density at radius 3 is 2.12 bits per heavy atom. The van der Waals surface area contributed by atoms with Crippen molar-refractivity contribution in [3.63, 3.8) is 0 Å². The van der Waals surface area contributed by atoms with E-state index in [0.717, 1.165) is 12.8 Å². The number of carbonyl (C=O) groups excluding carboxylic acids is 1. The molecular formula is C29H38O3Si. The van der Waals surface area contributed by atoms with Crippen molar-refractivity contribution in [1.82, 2.24) is 0 Å². The van der Waals surface area contributed by atoms with Gasteiger partial charge in [-0.1, -0.05) is 99.4 Å². The van der Waals surface area contributed by atoms with Crippen LogP contribution in [0.2, 0.25) is 5.04 Å². The van der Waals surface area contributed by atoms with Gasteiger partial charge in [0.2, 0.25) is 0 Å². The first kappa shape index (κ1) is 26.6. The molecule has 0 saturated carbocycles. The van der Waals surface area contributed by atoms with Gasteiger partial charge >= 0.3 is 5.97 Å². The molecule has 0 aliphatic carbocycles. The van der Waals surface area contributed by atoms with Gasteiger partial charge in [0.25, 0.3) is 8.32 Å². The molecule has 176 valence electrons. The summed E-state index contributed by atoms with van der Waals surface area (Å²) in [6.07, 6.45) is 6.52. The zero-order valence-corrected chi connectivity index (χ0v) is 21.8. The fourth-order valence-electron chi connectivity index (χ4n) is 4.04. The van der Waals surface area contributed by atoms with Gasteiger partial charge in [-0.2, -0.15) is 0 Å². The van der Waals surface area contributed by atoms with Crippen LogP contribution in [0.1, 0.15) is 60.3 Å². The van der Waals surface area contributed by atoms with E-state index in [1.54, 1.807) is 0 Å². The third kappa shape index (κ3) is 7.73. The topological polar surface area (TPSA) is 35.5 Å². The summed E-state index contributed by atoms with van der Waals surface area (Å²) in [5.41, 5.74) is 0. The molecule has 33 heavy (non-hydrogen) atoms. The van der Waals surface area contributed by atoms with Gasteiger partial charge in [0.15, 0.2) is 0 Å². The van der Waals surface area contributed by atoms with E-state index in [1.165, 1.54) is 10.4 Å². The summed E-state index contributed by atoms with van der Waals surface area (Å²) in [4.78, 5) is 11.3. The number of allylic oxidation sites excluding steroid dienone is 2. The second kappa shape index (κ2) is 13.2. The first-order valence-corrected chi connectivity index (χ1v) is 13.8. The van der Waals surface area contributed by atoms with Crippen molar-refractivity contribution in [3.05, 3.63) is 72.8 Å². The SMILES string of the molecule is CCOC(=O)CC/C=C/C#CCC[C@H](C)O[Si](c1ccccc1)(c1ccccc1)C(C)(C)C. The first-order valence-electron chi connectivity index (χ1n) is 11.9. The van der Waals surface area contributed by atoms with Crippen molar-refractivity contribution < 1.29 is 14.0 Å². The van der Waals surface area contributed by atoms with Crippen molar-refractivity contribution in [2.24, 2.45) is 0 Å². The predicted molar refractivity (Wildman–Crippen MR) is 140 cm³/mol. The molecule has 0 bridgehead atoms. The minimum absolute atomic E-state index is 0.0304. The molecule has 0 radical (unpaired) electrons. The number of hydrogen-bond donors (Lipinski definition) is 0. The lowest BCUT2D eigenvalue weighted by Crippen LogP contribution is -2.67. The number of benzene rings is 2. The Balaban J connectivity index is 2.09. The molecule has 0 unspecified atom stereocenters. The zero-order valence-electron chi connectivity index (χ0n) is 20.8. The molecular weight excluding hydrogens is 424 g/mol. The molecule has 1 atom stereocenters. The van der Waals surface area contributed by atoms with E-state index < -0.39 is 8.32 Å². The van der Waals surface area contributed by atoms with Crippen molar-refractivity contribution >= 4 is 24.7 Å². The number of carbonyl (C=O) groups is 1. The number of ether oxygens (including phenoxy) is 1. The van der Waals surface area contributed by atoms with E-state index in [4.69, 9.17) is 9.16 Å². The fourth-order valence-corrected chi connectivity index (χ4v) is 8.77. The average molecular weight is 463 g/mol. The maximum Gasteiger partial charge on any atom is 0.306 e. The highest BCUT2D eigenvalue weighted by Gasteiger charge is 2.50. The Bertz CT molecular complexity index is 894. The quantitative estimate of drug-likeness (QED) is 0.261. The minimum atomic E-state index is -2.52. The molecule has 2 aromatic carbocycles. The Kier molecular flexibility index (Phi) is 10.6. The van der Waals surface area contributed by atoms with Crippen LogP contribution in [0.3, 0.4) is 0 Å². The van der Waals surface area contributed by atoms with E-state index in [2.05, 4.69) is 100 Å². The van der Waals surface area contributed by atoms with Crippen molar-refractivity contribution in [1.29, 1.82) is 0 Å². The van der Waals surface area contributed by atoms with Crippen LogP contribution in [-0.2, 0) is 14.0 Å². The highest BCUT2D eigenvalue weighted by Crippen LogP contribution is 2.37. The zero-order chi connectivity index (χ0) is 24.2. The highest BCUT2D eigenvalue weighted by atomic mass is 28.4. The van der Waals surface area contributed by atoms with E-state index in [9.17, 15) is 4.79 Å². The molecule has 0 aromatic heterocycles. The van der Waals surface area contributed by atoms with Gasteiger partial charge in [-0.25, -0.2) is 0 Å². The van der Waals surface area contributed by atoms with E-state index >= 15 is 0 Å². The fraction of sp³-hybridized carbons (Fsp3) is 0.414. The van der Waals surface area contributed by atoms with Crippen LogP contribution in [0.25, 0.3) is 0 Å². The summed E-state index contributed by atoms with van der Waals surface area (Å²) in [6.45, 7) is 11.3. The summed E-state index contributed by atoms with van der Waals surface area (Å²) in [5.74, 6) is 6.13. The lowest BCUT2D eigenvalue weighted by molar-refractivity contribution is -0.143. The molecule has 0 saturated heterocycles. The standard InChI is InChI=1S/C29H38O3Si/c1-6-31-28(30)24-18-10-8-7-9-13-19-25(2)32-33(29(3,4)5,26-20-14-11-15-21-26)27-22-16-12-17-23-27/h8,10-12,14-17,20-23,25H,6,13,18-19,24H2,1-5H3/b10-8+/t25-/m0/s1. The van der Waals surface area contributed by atoms with Crippen LogP contribution in [0.5, 0.6) is 0 Å². The van der Waals surface area contributed by atoms with Crippen LogP contribution in [-0.4, -0.2) is 27.0 Å². The highest BCUT2D eigenvalue weighted by molar-refractivity contribution is 6.99. The molecule has 0 aliphatic rings. The molecule has 0 spiro atoms. The summed E-state index contributed by atoms with van der Waals surface area (Å²) < 4.78 is 12.0. The second-order valence-electron chi connectivity index (χ2n) is 9.20. The van der Waals surface area contributed by atoms with Crippen LogP contribution in [0.4, 0.5) is 0 Å². The van der Waals surface area contributed by atoms with E-state index in [1.807, 2.05) is 19.1 Å². The monoisotopic (exact) mass is 462 g/mol. The van der Waals surface area contributed by atoms with E-state index in [-0.39, 0.29) is 17.1 Å². The lowest BCUT2D eigenvalue weighted by Gasteiger charge is -2.44. The van der Waals surface area contributed by atoms with Gasteiger partial charge in [0, 0.05) is 18.9 Å². The third-order valence-electron chi connectivity index (χ3n) is 5.59. The second-order valence-corrected chi connectivity index (χ2v) is 13.5. The van der Waals surface area contributed by atoms with Gasteiger partial charge in [-0.3, -0.25) is 4.79 Å². The van der Waals surface area contributed by atoms with Crippen LogP contribution < -0.4 is 10.4 Å². The molecule has 2 rings (SSSR count). The maximum atomic E-state index is 11.3. The smallest absolute Gasteiger partial charge is 0.306 e. The van der Waals surface area contributed by atoms with Gasteiger partial charge < -0.3 is 9.16 Å². The summed E-state index contributed by atoms with van der Waals surface area (Å²) in [5, 5.41) is 2.56. The largest absolute Gasteiger partial charge is 0.466 e. The van der Waals surface area contributed by atoms with Crippen LogP contribution in [0, 0.1) is 11.8 Å². The van der Waals surface area contributed by atoms with Crippen molar-refractivity contribution in [2.45, 2.75) is 71.4 Å². The molecule has 0 heterocycles. The van der Waals surface area contributed by atoms with Crippen LogP contribution in [0.15, 0.2) is 72.8 Å². The Morgan fingerprint density at radius 1 is 1.03 bits per heavy atom. The molecule has 2 aromatic rings. The number of esters is 1. The van der Waals surface area contributed by atoms with E-state index in [0.29, 0.717) is 19.4 Å². The van der Waals surface area contributed by atoms with Crippen molar-refractivity contribution in [2.75, 3.05) is 6.61 Å². The third-order valence-corrected chi connectivity index (χ3v) is 10.8. The predicted octanol–water partition coefficient (Wildman–Crippen LogP) is 5.63. The van der Waals surface area contributed by atoms with Gasteiger partial charge in [0.1, 0.15) is 0 Å². The summed E-state index contributed by atoms with van der Waals surface area (Å²) in [7, 11) is -2.52. The average Bonchev–Trinajstić information content (AvgIpc) is 2.79. The van der Waals surface area contributed by atoms with Crippen LogP contribution >= 0.6 is 0 Å². The van der Waals surface area contributed by atoms with Gasteiger partial charge in [-0.05, 0) is 48.2 Å². The maximum absolute atomic E-state index is 11.3. The van der Waals surface area contributed by atoms with Gasteiger partial charge in [-0.15, -0.1) is 0 Å². The number of hydrogen-bond acceptors (Lipinski definition) is 3. The first-order chi connectivity index (χ1) is 15.8. The normalized spacial score (nSPS) is 12.8. The summed E-state index contributed by atoms with van der Waals surface area (Å²) >= 11 is 0. The summed E-state index contributed by atoms with van der Waals surface area (Å²) in [6, 6.07) is 21.5. The molecule has 0 amide bonds. The molecule has 0 fully saturated rings. The lowest BCUT2D eigenvalue weighted by atomic mass is 10.2. The minimum Gasteiger partial charge on any atom is -0.466 e. The molecule has 4 heteroatoms. The Labute approximate surface area is 201 Å². The molecule has 3 nitrogen and oxygen atoms in total. The van der Waals surface area contributed by atoms with Crippen molar-refractivity contribution in [3.8, 4) is 11.8 Å². The Morgan fingerprint density at radius 2 is 1.61 bits per heavy atom. The van der Waals surface area contributed by atoms with Gasteiger partial charge in [0.05, 0.1) is 6.61 Å². The molecule has 0 aliphatic heterocycles. The molecule has 0 N–H and O–H groups in total. The number of rotatable bonds is 10.